The minimum Gasteiger partial charge on any atom is -0.487 e. The highest BCUT2D eigenvalue weighted by Gasteiger charge is 2.23. The third-order valence-electron chi connectivity index (χ3n) is 3.29. The average molecular weight is 230 g/mol. The largest absolute Gasteiger partial charge is 0.487 e. The minimum absolute atomic E-state index is 0.164. The average Bonchev–Trinajstić information content (AvgIpc) is 2.32. The van der Waals surface area contributed by atoms with E-state index in [2.05, 4.69) is 18.3 Å². The second-order valence-electron chi connectivity index (χ2n) is 4.74. The molecule has 0 bridgehead atoms. The second-order valence-corrected chi connectivity index (χ2v) is 4.74. The first-order valence-corrected chi connectivity index (χ1v) is 6.09. The van der Waals surface area contributed by atoms with Crippen LogP contribution in [-0.2, 0) is 0 Å². The van der Waals surface area contributed by atoms with Crippen molar-refractivity contribution in [2.24, 2.45) is 5.92 Å². The Hall–Kier alpha value is -1.53. The van der Waals surface area contributed by atoms with Gasteiger partial charge >= 0.3 is 0 Å². The molecule has 0 radical (unpaired) electrons. The summed E-state index contributed by atoms with van der Waals surface area (Å²) in [6, 6.07) is 7.89. The summed E-state index contributed by atoms with van der Waals surface area (Å²) in [6.07, 6.45) is 1.29. The summed E-state index contributed by atoms with van der Waals surface area (Å²) in [5.41, 5.74) is 1.74. The van der Waals surface area contributed by atoms with Crippen LogP contribution in [0.2, 0.25) is 0 Å². The summed E-state index contributed by atoms with van der Waals surface area (Å²) in [4.78, 5) is 0. The molecule has 1 aliphatic rings. The summed E-state index contributed by atoms with van der Waals surface area (Å²) in [6.45, 7) is 6.13. The molecule has 0 spiro atoms. The van der Waals surface area contributed by atoms with Crippen molar-refractivity contribution >= 4 is 0 Å². The molecule has 3 heteroatoms. The van der Waals surface area contributed by atoms with Crippen molar-refractivity contribution in [1.82, 2.24) is 5.32 Å². The first-order chi connectivity index (χ1) is 8.20. The SMILES string of the molecule is Cc1ccc(C#N)c(OC2CNCCC2C)c1. The Balaban J connectivity index is 2.17. The number of nitrogens with zero attached hydrogens (tertiary/aromatic N) is 1. The summed E-state index contributed by atoms with van der Waals surface area (Å²) in [5.74, 6) is 1.25. The molecule has 1 aliphatic heterocycles. The van der Waals surface area contributed by atoms with Crippen molar-refractivity contribution in [3.8, 4) is 11.8 Å². The number of nitriles is 1. The molecule has 2 unspecified atom stereocenters. The van der Waals surface area contributed by atoms with Crippen LogP contribution in [0.15, 0.2) is 18.2 Å². The number of ether oxygens (including phenoxy) is 1. The Morgan fingerprint density at radius 3 is 3.00 bits per heavy atom. The van der Waals surface area contributed by atoms with Gasteiger partial charge in [0.25, 0.3) is 0 Å². The van der Waals surface area contributed by atoms with E-state index in [-0.39, 0.29) is 6.10 Å². The van der Waals surface area contributed by atoms with Gasteiger partial charge in [-0.2, -0.15) is 5.26 Å². The monoisotopic (exact) mass is 230 g/mol. The summed E-state index contributed by atoms with van der Waals surface area (Å²) < 4.78 is 5.99. The molecule has 1 saturated heterocycles. The smallest absolute Gasteiger partial charge is 0.137 e. The van der Waals surface area contributed by atoms with Crippen LogP contribution in [-0.4, -0.2) is 19.2 Å². The lowest BCUT2D eigenvalue weighted by Crippen LogP contribution is -2.42. The van der Waals surface area contributed by atoms with Crippen molar-refractivity contribution in [2.45, 2.75) is 26.4 Å². The fourth-order valence-corrected chi connectivity index (χ4v) is 2.10. The highest BCUT2D eigenvalue weighted by Crippen LogP contribution is 2.24. The van der Waals surface area contributed by atoms with Gasteiger partial charge in [-0.3, -0.25) is 0 Å². The number of benzene rings is 1. The van der Waals surface area contributed by atoms with Crippen LogP contribution in [0.25, 0.3) is 0 Å². The zero-order valence-corrected chi connectivity index (χ0v) is 10.4. The fraction of sp³-hybridized carbons (Fsp3) is 0.500. The normalized spacial score (nSPS) is 24.1. The maximum Gasteiger partial charge on any atom is 0.137 e. The third kappa shape index (κ3) is 2.78. The van der Waals surface area contributed by atoms with E-state index >= 15 is 0 Å². The summed E-state index contributed by atoms with van der Waals surface area (Å²) in [5, 5.41) is 12.4. The van der Waals surface area contributed by atoms with E-state index in [9.17, 15) is 0 Å². The van der Waals surface area contributed by atoms with Gasteiger partial charge in [-0.15, -0.1) is 0 Å². The maximum absolute atomic E-state index is 9.06. The van der Waals surface area contributed by atoms with Crippen LogP contribution >= 0.6 is 0 Å². The maximum atomic E-state index is 9.06. The molecule has 17 heavy (non-hydrogen) atoms. The van der Waals surface area contributed by atoms with Crippen LogP contribution in [0.3, 0.4) is 0 Å². The van der Waals surface area contributed by atoms with Gasteiger partial charge < -0.3 is 10.1 Å². The van der Waals surface area contributed by atoms with Crippen molar-refractivity contribution in [3.63, 3.8) is 0 Å². The second kappa shape index (κ2) is 5.20. The van der Waals surface area contributed by atoms with Gasteiger partial charge in [0.1, 0.15) is 17.9 Å². The van der Waals surface area contributed by atoms with Crippen molar-refractivity contribution in [2.75, 3.05) is 13.1 Å². The highest BCUT2D eigenvalue weighted by atomic mass is 16.5. The number of nitrogens with one attached hydrogen (secondary N) is 1. The Labute approximate surface area is 102 Å². The number of hydrogen-bond acceptors (Lipinski definition) is 3. The standard InChI is InChI=1S/C14H18N2O/c1-10-3-4-12(8-15)13(7-10)17-14-9-16-6-5-11(14)2/h3-4,7,11,14,16H,5-6,9H2,1-2H3. The van der Waals surface area contributed by atoms with Gasteiger partial charge in [-0.25, -0.2) is 0 Å². The van der Waals surface area contributed by atoms with Crippen LogP contribution in [0.4, 0.5) is 0 Å². The molecule has 1 N–H and O–H groups in total. The molecule has 0 aromatic heterocycles. The molecule has 1 aromatic rings. The lowest BCUT2D eigenvalue weighted by atomic mass is 9.97. The van der Waals surface area contributed by atoms with Crippen molar-refractivity contribution in [3.05, 3.63) is 29.3 Å². The highest BCUT2D eigenvalue weighted by molar-refractivity contribution is 5.45. The van der Waals surface area contributed by atoms with Gasteiger partial charge in [0.15, 0.2) is 0 Å². The van der Waals surface area contributed by atoms with Crippen molar-refractivity contribution < 1.29 is 4.74 Å². The van der Waals surface area contributed by atoms with Gasteiger partial charge in [0.05, 0.1) is 5.56 Å². The molecule has 3 nitrogen and oxygen atoms in total. The number of rotatable bonds is 2. The van der Waals surface area contributed by atoms with E-state index in [0.717, 1.165) is 25.1 Å². The molecule has 1 fully saturated rings. The lowest BCUT2D eigenvalue weighted by Gasteiger charge is -2.30. The van der Waals surface area contributed by atoms with E-state index in [4.69, 9.17) is 10.00 Å². The Bertz CT molecular complexity index is 436. The van der Waals surface area contributed by atoms with Crippen LogP contribution in [0.5, 0.6) is 5.75 Å². The predicted octanol–water partition coefficient (Wildman–Crippen LogP) is 2.24. The zero-order chi connectivity index (χ0) is 12.3. The van der Waals surface area contributed by atoms with Gasteiger partial charge in [0.2, 0.25) is 0 Å². The minimum atomic E-state index is 0.164. The molecular weight excluding hydrogens is 212 g/mol. The van der Waals surface area contributed by atoms with Gasteiger partial charge in [-0.05, 0) is 43.5 Å². The first-order valence-electron chi connectivity index (χ1n) is 6.09. The van der Waals surface area contributed by atoms with Gasteiger partial charge in [-0.1, -0.05) is 13.0 Å². The number of aryl methyl sites for hydroxylation is 1. The van der Waals surface area contributed by atoms with E-state index in [0.29, 0.717) is 17.2 Å². The molecule has 2 rings (SSSR count). The quantitative estimate of drug-likeness (QED) is 0.847. The van der Waals surface area contributed by atoms with Crippen LogP contribution in [0.1, 0.15) is 24.5 Å². The van der Waals surface area contributed by atoms with E-state index in [1.807, 2.05) is 25.1 Å². The molecule has 2 atom stereocenters. The lowest BCUT2D eigenvalue weighted by molar-refractivity contribution is 0.114. The topological polar surface area (TPSA) is 45.0 Å². The van der Waals surface area contributed by atoms with Crippen LogP contribution in [0, 0.1) is 24.2 Å². The zero-order valence-electron chi connectivity index (χ0n) is 10.4. The Kier molecular flexibility index (Phi) is 3.65. The van der Waals surface area contributed by atoms with Crippen LogP contribution < -0.4 is 10.1 Å². The predicted molar refractivity (Wildman–Crippen MR) is 67.0 cm³/mol. The van der Waals surface area contributed by atoms with Gasteiger partial charge in [0, 0.05) is 6.54 Å². The molecular formula is C14H18N2O. The molecule has 90 valence electrons. The molecule has 1 aromatic carbocycles. The molecule has 0 aliphatic carbocycles. The summed E-state index contributed by atoms with van der Waals surface area (Å²) >= 11 is 0. The number of hydrogen-bond donors (Lipinski definition) is 1. The Morgan fingerprint density at radius 1 is 1.47 bits per heavy atom. The third-order valence-corrected chi connectivity index (χ3v) is 3.29. The summed E-state index contributed by atoms with van der Waals surface area (Å²) in [7, 11) is 0. The fourth-order valence-electron chi connectivity index (χ4n) is 2.10. The number of piperidine rings is 1. The first kappa shape index (κ1) is 11.9. The van der Waals surface area contributed by atoms with E-state index in [1.165, 1.54) is 0 Å². The molecule has 0 amide bonds. The van der Waals surface area contributed by atoms with E-state index in [1.54, 1.807) is 0 Å². The molecule has 0 saturated carbocycles. The molecule has 1 heterocycles. The van der Waals surface area contributed by atoms with Crippen molar-refractivity contribution in [1.29, 1.82) is 5.26 Å². The Morgan fingerprint density at radius 2 is 2.29 bits per heavy atom. The van der Waals surface area contributed by atoms with E-state index < -0.39 is 0 Å².